The van der Waals surface area contributed by atoms with Gasteiger partial charge in [0.25, 0.3) is 5.56 Å². The fourth-order valence-corrected chi connectivity index (χ4v) is 4.37. The second-order valence-electron chi connectivity index (χ2n) is 5.83. The highest BCUT2D eigenvalue weighted by molar-refractivity contribution is 7.98. The molecule has 0 unspecified atom stereocenters. The first-order valence-corrected chi connectivity index (χ1v) is 10.6. The smallest absolute Gasteiger partial charge is 0.263 e. The molecule has 0 radical (unpaired) electrons. The van der Waals surface area contributed by atoms with E-state index in [1.807, 2.05) is 43.5 Å². The molecule has 0 saturated heterocycles. The molecule has 3 rings (SSSR count). The van der Waals surface area contributed by atoms with Crippen molar-refractivity contribution in [2.75, 3.05) is 11.6 Å². The lowest BCUT2D eigenvalue weighted by Gasteiger charge is -2.12. The minimum atomic E-state index is -0.226. The highest BCUT2D eigenvalue weighted by atomic mass is 32.2. The lowest BCUT2D eigenvalue weighted by atomic mass is 10.1. The first-order chi connectivity index (χ1) is 12.6. The van der Waals surface area contributed by atoms with Gasteiger partial charge in [0, 0.05) is 10.6 Å². The van der Waals surface area contributed by atoms with Crippen molar-refractivity contribution in [1.29, 1.82) is 0 Å². The Kier molecular flexibility index (Phi) is 5.78. The quantitative estimate of drug-likeness (QED) is 0.514. The van der Waals surface area contributed by atoms with E-state index in [0.29, 0.717) is 10.5 Å². The monoisotopic (exact) mass is 387 g/mol. The van der Waals surface area contributed by atoms with E-state index in [9.17, 15) is 9.59 Å². The zero-order valence-electron chi connectivity index (χ0n) is 15.0. The van der Waals surface area contributed by atoms with E-state index >= 15 is 0 Å². The van der Waals surface area contributed by atoms with Crippen molar-refractivity contribution in [1.82, 2.24) is 9.55 Å². The van der Waals surface area contributed by atoms with Gasteiger partial charge in [-0.15, -0.1) is 11.3 Å². The Morgan fingerprint density at radius 1 is 1.27 bits per heavy atom. The van der Waals surface area contributed by atoms with Crippen LogP contribution in [-0.4, -0.2) is 21.7 Å². The highest BCUT2D eigenvalue weighted by Gasteiger charge is 2.16. The number of fused-ring (bicyclic) bond motifs is 1. The largest absolute Gasteiger partial charge is 0.324 e. The zero-order chi connectivity index (χ0) is 18.7. The van der Waals surface area contributed by atoms with Crippen LogP contribution in [-0.2, 0) is 24.2 Å². The molecule has 0 aliphatic heterocycles. The summed E-state index contributed by atoms with van der Waals surface area (Å²) in [6, 6.07) is 9.59. The number of aromatic nitrogens is 2. The summed E-state index contributed by atoms with van der Waals surface area (Å²) in [5, 5.41) is 4.07. The van der Waals surface area contributed by atoms with E-state index in [4.69, 9.17) is 0 Å². The summed E-state index contributed by atoms with van der Waals surface area (Å²) in [4.78, 5) is 31.9. The van der Waals surface area contributed by atoms with Crippen molar-refractivity contribution < 1.29 is 4.79 Å². The van der Waals surface area contributed by atoms with Gasteiger partial charge < -0.3 is 5.32 Å². The number of carbonyl (C=O) groups is 1. The number of thioether (sulfide) groups is 1. The molecule has 1 amide bonds. The van der Waals surface area contributed by atoms with Crippen LogP contribution in [0.25, 0.3) is 10.2 Å². The molecule has 5 nitrogen and oxygen atoms in total. The van der Waals surface area contributed by atoms with E-state index in [1.54, 1.807) is 0 Å². The number of nitrogens with one attached hydrogen (secondary N) is 1. The Labute approximate surface area is 160 Å². The summed E-state index contributed by atoms with van der Waals surface area (Å²) < 4.78 is 1.46. The van der Waals surface area contributed by atoms with E-state index in [1.165, 1.54) is 27.7 Å². The van der Waals surface area contributed by atoms with Gasteiger partial charge in [-0.05, 0) is 36.8 Å². The molecule has 26 heavy (non-hydrogen) atoms. The number of nitrogens with zero attached hydrogens (tertiary/aromatic N) is 2. The Bertz CT molecular complexity index is 1010. The molecule has 0 atom stereocenters. The number of rotatable bonds is 6. The fraction of sp³-hybridized carbons (Fsp3) is 0.316. The summed E-state index contributed by atoms with van der Waals surface area (Å²) >= 11 is 2.91. The highest BCUT2D eigenvalue weighted by Crippen LogP contribution is 2.24. The average Bonchev–Trinajstić information content (AvgIpc) is 3.07. The summed E-state index contributed by atoms with van der Waals surface area (Å²) in [7, 11) is 0. The van der Waals surface area contributed by atoms with Crippen LogP contribution in [0.15, 0.2) is 40.3 Å². The van der Waals surface area contributed by atoms with Crippen LogP contribution in [0.5, 0.6) is 0 Å². The summed E-state index contributed by atoms with van der Waals surface area (Å²) in [5.41, 5.74) is 1.70. The normalized spacial score (nSPS) is 11.0. The third-order valence-corrected chi connectivity index (χ3v) is 6.02. The van der Waals surface area contributed by atoms with E-state index in [0.717, 1.165) is 33.8 Å². The van der Waals surface area contributed by atoms with Crippen LogP contribution in [0, 0.1) is 0 Å². The lowest BCUT2D eigenvalue weighted by Crippen LogP contribution is -2.29. The summed E-state index contributed by atoms with van der Waals surface area (Å²) in [6.07, 6.45) is 3.56. The van der Waals surface area contributed by atoms with Crippen LogP contribution in [0.2, 0.25) is 0 Å². The Morgan fingerprint density at radius 3 is 2.73 bits per heavy atom. The van der Waals surface area contributed by atoms with Crippen molar-refractivity contribution in [2.24, 2.45) is 0 Å². The van der Waals surface area contributed by atoms with Gasteiger partial charge in [0.1, 0.15) is 11.4 Å². The minimum absolute atomic E-state index is 0.0483. The molecule has 136 valence electrons. The second kappa shape index (κ2) is 8.05. The van der Waals surface area contributed by atoms with E-state index in [-0.39, 0.29) is 18.0 Å². The van der Waals surface area contributed by atoms with Crippen LogP contribution in [0.3, 0.4) is 0 Å². The number of amides is 1. The molecule has 2 aromatic heterocycles. The maximum absolute atomic E-state index is 12.9. The minimum Gasteiger partial charge on any atom is -0.324 e. The first kappa shape index (κ1) is 18.7. The van der Waals surface area contributed by atoms with Crippen molar-refractivity contribution in [3.05, 3.63) is 51.1 Å². The zero-order valence-corrected chi connectivity index (χ0v) is 16.7. The predicted octanol–water partition coefficient (Wildman–Crippen LogP) is 3.94. The maximum Gasteiger partial charge on any atom is 0.263 e. The van der Waals surface area contributed by atoms with Crippen molar-refractivity contribution in [3.8, 4) is 0 Å². The third-order valence-electron chi connectivity index (χ3n) is 4.17. The molecule has 0 fully saturated rings. The SMILES string of the molecule is CCc1cc2c(=O)n(CC(=O)Nc3ccccc3CC)c(SC)nc2s1. The Hall–Kier alpha value is -2.12. The van der Waals surface area contributed by atoms with Crippen LogP contribution < -0.4 is 10.9 Å². The van der Waals surface area contributed by atoms with Gasteiger partial charge in [0.2, 0.25) is 5.91 Å². The molecule has 0 aliphatic carbocycles. The topological polar surface area (TPSA) is 64.0 Å². The van der Waals surface area contributed by atoms with Crippen LogP contribution in [0.1, 0.15) is 24.3 Å². The molecule has 0 saturated carbocycles. The molecule has 7 heteroatoms. The number of thiophene rings is 1. The van der Waals surface area contributed by atoms with E-state index in [2.05, 4.69) is 17.2 Å². The first-order valence-electron chi connectivity index (χ1n) is 8.52. The number of hydrogen-bond donors (Lipinski definition) is 1. The van der Waals surface area contributed by atoms with Gasteiger partial charge in [0.05, 0.1) is 5.39 Å². The van der Waals surface area contributed by atoms with Gasteiger partial charge in [-0.25, -0.2) is 4.98 Å². The average molecular weight is 388 g/mol. The predicted molar refractivity (Wildman–Crippen MR) is 109 cm³/mol. The summed E-state index contributed by atoms with van der Waals surface area (Å²) in [5.74, 6) is -0.226. The second-order valence-corrected chi connectivity index (χ2v) is 7.72. The van der Waals surface area contributed by atoms with E-state index < -0.39 is 0 Å². The Balaban J connectivity index is 1.93. The van der Waals surface area contributed by atoms with Crippen molar-refractivity contribution in [3.63, 3.8) is 0 Å². The number of hydrogen-bond acceptors (Lipinski definition) is 5. The number of para-hydroxylation sites is 1. The standard InChI is InChI=1S/C19H21N3O2S2/c1-4-12-8-6-7-9-15(12)20-16(23)11-22-18(24)14-10-13(5-2)26-17(14)21-19(22)25-3/h6-10H,4-5,11H2,1-3H3,(H,20,23). The molecule has 1 N–H and O–H groups in total. The number of aryl methyl sites for hydroxylation is 2. The molecular formula is C19H21N3O2S2. The van der Waals surface area contributed by atoms with Gasteiger partial charge >= 0.3 is 0 Å². The summed E-state index contributed by atoms with van der Waals surface area (Å²) in [6.45, 7) is 4.05. The molecule has 0 bridgehead atoms. The van der Waals surface area contributed by atoms with Gasteiger partial charge in [-0.1, -0.05) is 43.8 Å². The number of anilines is 1. The molecule has 2 heterocycles. The van der Waals surface area contributed by atoms with Gasteiger partial charge in [-0.2, -0.15) is 0 Å². The van der Waals surface area contributed by atoms with Crippen molar-refractivity contribution in [2.45, 2.75) is 38.4 Å². The number of benzene rings is 1. The lowest BCUT2D eigenvalue weighted by molar-refractivity contribution is -0.116. The van der Waals surface area contributed by atoms with Gasteiger partial charge in [-0.3, -0.25) is 14.2 Å². The number of carbonyl (C=O) groups excluding carboxylic acids is 1. The van der Waals surface area contributed by atoms with Crippen molar-refractivity contribution >= 4 is 44.9 Å². The van der Waals surface area contributed by atoms with Crippen LogP contribution in [0.4, 0.5) is 5.69 Å². The molecule has 3 aromatic rings. The maximum atomic E-state index is 12.9. The van der Waals surface area contributed by atoms with Crippen LogP contribution >= 0.6 is 23.1 Å². The fourth-order valence-electron chi connectivity index (χ4n) is 2.80. The molecule has 0 spiro atoms. The molecule has 1 aromatic carbocycles. The molecular weight excluding hydrogens is 366 g/mol. The molecule has 0 aliphatic rings. The Morgan fingerprint density at radius 2 is 2.04 bits per heavy atom. The van der Waals surface area contributed by atoms with Gasteiger partial charge in [0.15, 0.2) is 5.16 Å². The third kappa shape index (κ3) is 3.68.